The van der Waals surface area contributed by atoms with Crippen LogP contribution in [0.2, 0.25) is 0 Å². The second-order valence-corrected chi connectivity index (χ2v) is 4.44. The van der Waals surface area contributed by atoms with Crippen molar-refractivity contribution in [3.8, 4) is 0 Å². The number of carbonyl (C=O) groups is 1. The van der Waals surface area contributed by atoms with Gasteiger partial charge in [-0.2, -0.15) is 0 Å². The minimum absolute atomic E-state index is 0.00511. The maximum atomic E-state index is 11.8. The maximum Gasteiger partial charge on any atom is 0.338 e. The summed E-state index contributed by atoms with van der Waals surface area (Å²) < 4.78 is 5.04. The third-order valence-corrected chi connectivity index (χ3v) is 2.88. The number of hydrogen-bond donors (Lipinski definition) is 1. The molecule has 0 amide bonds. The Kier molecular flexibility index (Phi) is 4.87. The number of carbonyl (C=O) groups excluding carboxylic acids is 1. The Hall–Kier alpha value is -3.15. The van der Waals surface area contributed by atoms with Crippen LogP contribution in [0.1, 0.15) is 15.9 Å². The van der Waals surface area contributed by atoms with Crippen molar-refractivity contribution in [2.45, 2.75) is 0 Å². The monoisotopic (exact) mass is 298 g/mol. The molecule has 2 aromatic carbocycles. The number of esters is 1. The zero-order chi connectivity index (χ0) is 15.9. The highest BCUT2D eigenvalue weighted by molar-refractivity contribution is 5.91. The molecule has 0 aliphatic rings. The molecule has 22 heavy (non-hydrogen) atoms. The van der Waals surface area contributed by atoms with Gasteiger partial charge in [0.05, 0.1) is 10.5 Å². The predicted molar refractivity (Wildman–Crippen MR) is 83.3 cm³/mol. The van der Waals surface area contributed by atoms with Crippen molar-refractivity contribution >= 4 is 23.4 Å². The largest absolute Gasteiger partial charge is 0.458 e. The van der Waals surface area contributed by atoms with Crippen LogP contribution in [0.5, 0.6) is 0 Å². The zero-order valence-corrected chi connectivity index (χ0v) is 11.6. The van der Waals surface area contributed by atoms with Crippen LogP contribution in [0.3, 0.4) is 0 Å². The first-order valence-corrected chi connectivity index (χ1v) is 6.50. The lowest BCUT2D eigenvalue weighted by Crippen LogP contribution is -2.06. The van der Waals surface area contributed by atoms with E-state index in [1.807, 2.05) is 36.4 Å². The van der Waals surface area contributed by atoms with E-state index in [4.69, 9.17) is 10.5 Å². The number of hydrogen-bond acceptors (Lipinski definition) is 5. The van der Waals surface area contributed by atoms with E-state index in [0.717, 1.165) is 11.6 Å². The highest BCUT2D eigenvalue weighted by Gasteiger charge is 2.16. The molecule has 0 aliphatic carbocycles. The molecule has 0 aliphatic heterocycles. The molecule has 0 radical (unpaired) electrons. The fourth-order valence-electron chi connectivity index (χ4n) is 1.78. The number of nitrogens with zero attached hydrogens (tertiary/aromatic N) is 1. The summed E-state index contributed by atoms with van der Waals surface area (Å²) in [6.07, 6.45) is 3.51. The van der Waals surface area contributed by atoms with Crippen molar-refractivity contribution in [3.63, 3.8) is 0 Å². The van der Waals surface area contributed by atoms with E-state index in [1.54, 1.807) is 6.08 Å². The second kappa shape index (κ2) is 7.03. The van der Waals surface area contributed by atoms with E-state index in [-0.39, 0.29) is 23.5 Å². The summed E-state index contributed by atoms with van der Waals surface area (Å²) in [6.45, 7) is 0.0753. The SMILES string of the molecule is Nc1ccc(C(=O)OC/C=C/c2ccccc2)cc1[N+](=O)[O-]. The van der Waals surface area contributed by atoms with Gasteiger partial charge in [-0.3, -0.25) is 10.1 Å². The molecule has 2 rings (SSSR count). The number of nitro groups is 1. The van der Waals surface area contributed by atoms with Gasteiger partial charge in [-0.15, -0.1) is 0 Å². The average Bonchev–Trinajstić information content (AvgIpc) is 2.52. The molecule has 0 saturated carbocycles. The van der Waals surface area contributed by atoms with Crippen molar-refractivity contribution in [2.24, 2.45) is 0 Å². The fourth-order valence-corrected chi connectivity index (χ4v) is 1.78. The van der Waals surface area contributed by atoms with E-state index in [9.17, 15) is 14.9 Å². The van der Waals surface area contributed by atoms with Crippen LogP contribution in [-0.4, -0.2) is 17.5 Å². The number of nitrogens with two attached hydrogens (primary N) is 1. The summed E-state index contributed by atoms with van der Waals surface area (Å²) in [5.74, 6) is -0.638. The Labute approximate surface area is 127 Å². The Morgan fingerprint density at radius 2 is 1.95 bits per heavy atom. The lowest BCUT2D eigenvalue weighted by molar-refractivity contribution is -0.383. The maximum absolute atomic E-state index is 11.8. The van der Waals surface area contributed by atoms with Crippen LogP contribution in [0.4, 0.5) is 11.4 Å². The number of benzene rings is 2. The summed E-state index contributed by atoms with van der Waals surface area (Å²) in [5.41, 5.74) is 6.25. The third kappa shape index (κ3) is 3.92. The van der Waals surface area contributed by atoms with Crippen LogP contribution in [0.15, 0.2) is 54.6 Å². The van der Waals surface area contributed by atoms with E-state index < -0.39 is 10.9 Å². The van der Waals surface area contributed by atoms with Crippen molar-refractivity contribution < 1.29 is 14.5 Å². The zero-order valence-electron chi connectivity index (χ0n) is 11.6. The topological polar surface area (TPSA) is 95.5 Å². The molecular weight excluding hydrogens is 284 g/mol. The molecule has 6 heteroatoms. The van der Waals surface area contributed by atoms with E-state index in [2.05, 4.69) is 0 Å². The van der Waals surface area contributed by atoms with Crippen LogP contribution in [0, 0.1) is 10.1 Å². The van der Waals surface area contributed by atoms with Gasteiger partial charge < -0.3 is 10.5 Å². The van der Waals surface area contributed by atoms with Gasteiger partial charge in [0.25, 0.3) is 5.69 Å². The van der Waals surface area contributed by atoms with Crippen LogP contribution >= 0.6 is 0 Å². The Morgan fingerprint density at radius 1 is 1.23 bits per heavy atom. The molecule has 0 fully saturated rings. The van der Waals surface area contributed by atoms with Crippen LogP contribution in [-0.2, 0) is 4.74 Å². The first-order valence-electron chi connectivity index (χ1n) is 6.50. The fraction of sp³-hybridized carbons (Fsp3) is 0.0625. The van der Waals surface area contributed by atoms with E-state index >= 15 is 0 Å². The number of nitrogen functional groups attached to an aromatic ring is 1. The van der Waals surface area contributed by atoms with Gasteiger partial charge in [0.15, 0.2) is 0 Å². The summed E-state index contributed by atoms with van der Waals surface area (Å²) in [4.78, 5) is 22.0. The third-order valence-electron chi connectivity index (χ3n) is 2.88. The molecule has 112 valence electrons. The summed E-state index contributed by atoms with van der Waals surface area (Å²) in [6, 6.07) is 13.4. The summed E-state index contributed by atoms with van der Waals surface area (Å²) in [7, 11) is 0. The van der Waals surface area contributed by atoms with Gasteiger partial charge in [0.1, 0.15) is 12.3 Å². The predicted octanol–water partition coefficient (Wildman–Crippen LogP) is 3.05. The normalized spacial score (nSPS) is 10.5. The minimum Gasteiger partial charge on any atom is -0.458 e. The summed E-state index contributed by atoms with van der Waals surface area (Å²) >= 11 is 0. The Bertz CT molecular complexity index is 711. The molecule has 0 atom stereocenters. The molecule has 2 aromatic rings. The lowest BCUT2D eigenvalue weighted by Gasteiger charge is -2.03. The molecule has 0 bridgehead atoms. The first-order chi connectivity index (χ1) is 10.6. The molecule has 0 aromatic heterocycles. The Balaban J connectivity index is 1.97. The van der Waals surface area contributed by atoms with Crippen LogP contribution in [0.25, 0.3) is 6.08 Å². The minimum atomic E-state index is -0.638. The standard InChI is InChI=1S/C16H14N2O4/c17-14-9-8-13(11-15(14)18(20)21)16(19)22-10-4-7-12-5-2-1-3-6-12/h1-9,11H,10,17H2/b7-4+. The van der Waals surface area contributed by atoms with Crippen molar-refractivity contribution in [3.05, 3.63) is 75.8 Å². The molecule has 0 saturated heterocycles. The molecule has 6 nitrogen and oxygen atoms in total. The van der Waals surface area contributed by atoms with Crippen molar-refractivity contribution in [1.82, 2.24) is 0 Å². The number of nitro benzene ring substituents is 1. The second-order valence-electron chi connectivity index (χ2n) is 4.44. The smallest absolute Gasteiger partial charge is 0.338 e. The molecule has 0 unspecified atom stereocenters. The highest BCUT2D eigenvalue weighted by atomic mass is 16.6. The first kappa shape index (κ1) is 15.2. The van der Waals surface area contributed by atoms with Gasteiger partial charge in [-0.25, -0.2) is 4.79 Å². The van der Waals surface area contributed by atoms with Crippen LogP contribution < -0.4 is 5.73 Å². The average molecular weight is 298 g/mol. The van der Waals surface area contributed by atoms with Crippen molar-refractivity contribution in [2.75, 3.05) is 12.3 Å². The summed E-state index contributed by atoms with van der Waals surface area (Å²) in [5, 5.41) is 10.8. The van der Waals surface area contributed by atoms with Gasteiger partial charge >= 0.3 is 5.97 Å². The number of ether oxygens (including phenoxy) is 1. The van der Waals surface area contributed by atoms with Crippen molar-refractivity contribution in [1.29, 1.82) is 0 Å². The molecular formula is C16H14N2O4. The van der Waals surface area contributed by atoms with Gasteiger partial charge in [-0.1, -0.05) is 36.4 Å². The number of rotatable bonds is 5. The lowest BCUT2D eigenvalue weighted by atomic mass is 10.2. The van der Waals surface area contributed by atoms with Gasteiger partial charge in [-0.05, 0) is 23.8 Å². The van der Waals surface area contributed by atoms with E-state index in [1.165, 1.54) is 12.1 Å². The molecule has 2 N–H and O–H groups in total. The Morgan fingerprint density at radius 3 is 2.64 bits per heavy atom. The van der Waals surface area contributed by atoms with Gasteiger partial charge in [0.2, 0.25) is 0 Å². The molecule has 0 heterocycles. The van der Waals surface area contributed by atoms with Gasteiger partial charge in [0, 0.05) is 6.07 Å². The van der Waals surface area contributed by atoms with E-state index in [0.29, 0.717) is 0 Å². The highest BCUT2D eigenvalue weighted by Crippen LogP contribution is 2.22. The number of anilines is 1. The quantitative estimate of drug-likeness (QED) is 0.396. The molecule has 0 spiro atoms.